The van der Waals surface area contributed by atoms with Crippen molar-refractivity contribution in [1.29, 1.82) is 0 Å². The van der Waals surface area contributed by atoms with E-state index in [4.69, 9.17) is 13.9 Å². The third kappa shape index (κ3) is 3.15. The number of furan rings is 1. The van der Waals surface area contributed by atoms with E-state index in [0.717, 1.165) is 18.4 Å². The molecule has 0 saturated carbocycles. The van der Waals surface area contributed by atoms with Gasteiger partial charge in [0.15, 0.2) is 17.3 Å². The molecule has 1 aliphatic heterocycles. The molecule has 0 N–H and O–H groups in total. The standard InChI is InChI=1S/C17H18N2O6/c1-23-13-6-5-11(10-15(13)24-2)12-4-3-9-18(12)17(20)14-7-8-16(25-14)19(21)22/h5-8,10,12H,3-4,9H2,1-2H3. The van der Waals surface area contributed by atoms with Gasteiger partial charge in [0, 0.05) is 6.54 Å². The van der Waals surface area contributed by atoms with Gasteiger partial charge >= 0.3 is 5.88 Å². The summed E-state index contributed by atoms with van der Waals surface area (Å²) in [6.45, 7) is 0.562. The lowest BCUT2D eigenvalue weighted by atomic mass is 10.0. The average molecular weight is 346 g/mol. The van der Waals surface area contributed by atoms with E-state index in [-0.39, 0.29) is 17.7 Å². The summed E-state index contributed by atoms with van der Waals surface area (Å²) in [5, 5.41) is 10.7. The molecule has 0 radical (unpaired) electrons. The highest BCUT2D eigenvalue weighted by Gasteiger charge is 2.33. The molecule has 1 unspecified atom stereocenters. The molecule has 1 aromatic heterocycles. The Morgan fingerprint density at radius 1 is 1.24 bits per heavy atom. The van der Waals surface area contributed by atoms with Crippen LogP contribution in [0.4, 0.5) is 5.88 Å². The summed E-state index contributed by atoms with van der Waals surface area (Å²) in [5.74, 6) is 0.381. The maximum Gasteiger partial charge on any atom is 0.433 e. The monoisotopic (exact) mass is 346 g/mol. The maximum absolute atomic E-state index is 12.7. The number of benzene rings is 1. The van der Waals surface area contributed by atoms with Crippen molar-refractivity contribution in [2.24, 2.45) is 0 Å². The summed E-state index contributed by atoms with van der Waals surface area (Å²) < 4.78 is 15.6. The molecule has 132 valence electrons. The lowest BCUT2D eigenvalue weighted by Gasteiger charge is -2.24. The zero-order valence-electron chi connectivity index (χ0n) is 13.9. The fraction of sp³-hybridized carbons (Fsp3) is 0.353. The first-order valence-corrected chi connectivity index (χ1v) is 7.82. The predicted molar refractivity (Wildman–Crippen MR) is 87.9 cm³/mol. The number of hydrogen-bond acceptors (Lipinski definition) is 6. The van der Waals surface area contributed by atoms with E-state index in [9.17, 15) is 14.9 Å². The first-order chi connectivity index (χ1) is 12.0. The normalized spacial score (nSPS) is 16.7. The highest BCUT2D eigenvalue weighted by atomic mass is 16.6. The van der Waals surface area contributed by atoms with Crippen LogP contribution in [0.1, 0.15) is 35.0 Å². The van der Waals surface area contributed by atoms with Crippen LogP contribution in [0.25, 0.3) is 0 Å². The molecule has 1 aromatic carbocycles. The summed E-state index contributed by atoms with van der Waals surface area (Å²) >= 11 is 0. The van der Waals surface area contributed by atoms with E-state index < -0.39 is 10.8 Å². The van der Waals surface area contributed by atoms with Gasteiger partial charge in [-0.1, -0.05) is 6.07 Å². The first-order valence-electron chi connectivity index (χ1n) is 7.82. The van der Waals surface area contributed by atoms with Gasteiger partial charge in [-0.2, -0.15) is 0 Å². The number of hydrogen-bond donors (Lipinski definition) is 0. The summed E-state index contributed by atoms with van der Waals surface area (Å²) in [6, 6.07) is 7.92. The second-order valence-electron chi connectivity index (χ2n) is 5.67. The quantitative estimate of drug-likeness (QED) is 0.609. The molecule has 8 heteroatoms. The van der Waals surface area contributed by atoms with E-state index in [0.29, 0.717) is 18.0 Å². The maximum atomic E-state index is 12.7. The van der Waals surface area contributed by atoms with Crippen LogP contribution in [0.3, 0.4) is 0 Å². The number of rotatable bonds is 5. The molecule has 2 aromatic rings. The van der Waals surface area contributed by atoms with Crippen LogP contribution in [0.5, 0.6) is 11.5 Å². The number of nitro groups is 1. The Morgan fingerprint density at radius 2 is 2.00 bits per heavy atom. The lowest BCUT2D eigenvalue weighted by molar-refractivity contribution is -0.402. The number of methoxy groups -OCH3 is 2. The predicted octanol–water partition coefficient (Wildman–Crippen LogP) is 3.18. The van der Waals surface area contributed by atoms with Gasteiger partial charge in [0.2, 0.25) is 0 Å². The van der Waals surface area contributed by atoms with E-state index in [1.54, 1.807) is 25.2 Å². The van der Waals surface area contributed by atoms with Crippen molar-refractivity contribution in [3.63, 3.8) is 0 Å². The van der Waals surface area contributed by atoms with E-state index >= 15 is 0 Å². The fourth-order valence-electron chi connectivity index (χ4n) is 3.10. The molecular weight excluding hydrogens is 328 g/mol. The van der Waals surface area contributed by atoms with Gasteiger partial charge in [0.1, 0.15) is 4.92 Å². The zero-order valence-corrected chi connectivity index (χ0v) is 13.9. The molecular formula is C17H18N2O6. The Balaban J connectivity index is 1.87. The molecule has 2 heterocycles. The van der Waals surface area contributed by atoms with Crippen LogP contribution in [0.2, 0.25) is 0 Å². The third-order valence-electron chi connectivity index (χ3n) is 4.29. The van der Waals surface area contributed by atoms with E-state index in [1.165, 1.54) is 12.1 Å². The molecule has 1 atom stereocenters. The zero-order chi connectivity index (χ0) is 18.0. The number of carbonyl (C=O) groups is 1. The van der Waals surface area contributed by atoms with Crippen LogP contribution < -0.4 is 9.47 Å². The van der Waals surface area contributed by atoms with Crippen LogP contribution in [0, 0.1) is 10.1 Å². The average Bonchev–Trinajstić information content (AvgIpc) is 3.30. The highest BCUT2D eigenvalue weighted by Crippen LogP contribution is 2.37. The van der Waals surface area contributed by atoms with Crippen molar-refractivity contribution in [3.8, 4) is 11.5 Å². The van der Waals surface area contributed by atoms with E-state index in [2.05, 4.69) is 0 Å². The van der Waals surface area contributed by atoms with Gasteiger partial charge in [-0.3, -0.25) is 14.9 Å². The SMILES string of the molecule is COc1ccc(C2CCCN2C(=O)c2ccc([N+](=O)[O-])o2)cc1OC. The molecule has 8 nitrogen and oxygen atoms in total. The topological polar surface area (TPSA) is 95.0 Å². The van der Waals surface area contributed by atoms with Crippen molar-refractivity contribution in [2.75, 3.05) is 20.8 Å². The second kappa shape index (κ2) is 6.84. The van der Waals surface area contributed by atoms with Gasteiger partial charge < -0.3 is 18.8 Å². The number of nitrogens with zero attached hydrogens (tertiary/aromatic N) is 2. The molecule has 0 bridgehead atoms. The third-order valence-corrected chi connectivity index (χ3v) is 4.29. The van der Waals surface area contributed by atoms with Crippen LogP contribution in [0.15, 0.2) is 34.7 Å². The van der Waals surface area contributed by atoms with Crippen LogP contribution in [-0.4, -0.2) is 36.5 Å². The lowest BCUT2D eigenvalue weighted by Crippen LogP contribution is -2.30. The Bertz CT molecular complexity index is 800. The number of amides is 1. The minimum absolute atomic E-state index is 0.0286. The smallest absolute Gasteiger partial charge is 0.433 e. The Kier molecular flexibility index (Phi) is 4.60. The largest absolute Gasteiger partial charge is 0.493 e. The van der Waals surface area contributed by atoms with Crippen LogP contribution in [-0.2, 0) is 0 Å². The van der Waals surface area contributed by atoms with Gasteiger partial charge in [-0.05, 0) is 36.6 Å². The summed E-state index contributed by atoms with van der Waals surface area (Å²) in [5.41, 5.74) is 0.921. The molecule has 3 rings (SSSR count). The Morgan fingerprint density at radius 3 is 2.64 bits per heavy atom. The van der Waals surface area contributed by atoms with Crippen molar-refractivity contribution in [3.05, 3.63) is 51.8 Å². The first kappa shape index (κ1) is 16.8. The summed E-state index contributed by atoms with van der Waals surface area (Å²) in [6.07, 6.45) is 1.64. The Labute approximate surface area is 144 Å². The van der Waals surface area contributed by atoms with Gasteiger partial charge in [-0.25, -0.2) is 0 Å². The minimum Gasteiger partial charge on any atom is -0.493 e. The second-order valence-corrected chi connectivity index (χ2v) is 5.67. The molecule has 0 aliphatic carbocycles. The summed E-state index contributed by atoms with van der Waals surface area (Å²) in [7, 11) is 3.12. The van der Waals surface area contributed by atoms with Crippen LogP contribution >= 0.6 is 0 Å². The molecule has 1 aliphatic rings. The van der Waals surface area contributed by atoms with Gasteiger partial charge in [0.25, 0.3) is 5.91 Å². The summed E-state index contributed by atoms with van der Waals surface area (Å²) in [4.78, 5) is 24.4. The molecule has 0 spiro atoms. The number of likely N-dealkylation sites (tertiary alicyclic amines) is 1. The minimum atomic E-state index is -0.660. The number of carbonyl (C=O) groups excluding carboxylic acids is 1. The van der Waals surface area contributed by atoms with Gasteiger partial charge in [-0.15, -0.1) is 0 Å². The molecule has 25 heavy (non-hydrogen) atoms. The van der Waals surface area contributed by atoms with Crippen molar-refractivity contribution >= 4 is 11.8 Å². The van der Waals surface area contributed by atoms with E-state index in [1.807, 2.05) is 12.1 Å². The highest BCUT2D eigenvalue weighted by molar-refractivity contribution is 5.92. The fourth-order valence-corrected chi connectivity index (χ4v) is 3.10. The molecule has 1 fully saturated rings. The van der Waals surface area contributed by atoms with Crippen molar-refractivity contribution in [2.45, 2.75) is 18.9 Å². The van der Waals surface area contributed by atoms with Crippen molar-refractivity contribution < 1.29 is 23.6 Å². The van der Waals surface area contributed by atoms with Crippen molar-refractivity contribution in [1.82, 2.24) is 4.90 Å². The molecule has 1 amide bonds. The Hall–Kier alpha value is -3.03. The molecule has 1 saturated heterocycles. The van der Waals surface area contributed by atoms with Gasteiger partial charge in [0.05, 0.1) is 26.3 Å². The number of ether oxygens (including phenoxy) is 2.